The van der Waals surface area contributed by atoms with Crippen LogP contribution in [0.25, 0.3) is 16.8 Å². The van der Waals surface area contributed by atoms with Crippen LogP contribution in [0.3, 0.4) is 0 Å². The molecule has 0 bridgehead atoms. The van der Waals surface area contributed by atoms with Crippen LogP contribution in [-0.4, -0.2) is 13.1 Å². The lowest BCUT2D eigenvalue weighted by Crippen LogP contribution is -2.12. The summed E-state index contributed by atoms with van der Waals surface area (Å²) < 4.78 is 4.54. The van der Waals surface area contributed by atoms with Gasteiger partial charge in [-0.05, 0) is 28.5 Å². The number of carbonyl (C=O) groups is 1. The van der Waals surface area contributed by atoms with Crippen molar-refractivity contribution in [1.29, 1.82) is 0 Å². The summed E-state index contributed by atoms with van der Waals surface area (Å²) in [6.45, 7) is 0. The van der Waals surface area contributed by atoms with E-state index in [0.717, 1.165) is 16.3 Å². The molecule has 2 aromatic carbocycles. The van der Waals surface area contributed by atoms with E-state index in [4.69, 9.17) is 5.73 Å². The first-order chi connectivity index (χ1) is 8.20. The van der Waals surface area contributed by atoms with E-state index >= 15 is 0 Å². The van der Waals surface area contributed by atoms with Gasteiger partial charge in [0.1, 0.15) is 5.70 Å². The van der Waals surface area contributed by atoms with Gasteiger partial charge in [0.05, 0.1) is 7.11 Å². The predicted octanol–water partition coefficient (Wildman–Crippen LogP) is 2.31. The summed E-state index contributed by atoms with van der Waals surface area (Å²) in [5.41, 5.74) is 6.57. The summed E-state index contributed by atoms with van der Waals surface area (Å²) in [6.07, 6.45) is 1.61. The second-order valence-corrected chi connectivity index (χ2v) is 3.70. The highest BCUT2D eigenvalue weighted by molar-refractivity contribution is 5.93. The average molecular weight is 227 g/mol. The molecule has 3 nitrogen and oxygen atoms in total. The Bertz CT molecular complexity index is 588. The van der Waals surface area contributed by atoms with E-state index in [9.17, 15) is 4.79 Å². The maximum atomic E-state index is 11.2. The van der Waals surface area contributed by atoms with Gasteiger partial charge in [0.2, 0.25) is 0 Å². The fourth-order valence-corrected chi connectivity index (χ4v) is 1.65. The van der Waals surface area contributed by atoms with Crippen molar-refractivity contribution < 1.29 is 9.53 Å². The third-order valence-electron chi connectivity index (χ3n) is 2.52. The van der Waals surface area contributed by atoms with Gasteiger partial charge in [-0.15, -0.1) is 0 Å². The zero-order valence-corrected chi connectivity index (χ0v) is 9.51. The molecule has 0 heterocycles. The van der Waals surface area contributed by atoms with Gasteiger partial charge < -0.3 is 10.5 Å². The molecule has 17 heavy (non-hydrogen) atoms. The Hall–Kier alpha value is -2.29. The van der Waals surface area contributed by atoms with Crippen LogP contribution < -0.4 is 5.73 Å². The second-order valence-electron chi connectivity index (χ2n) is 3.70. The Morgan fingerprint density at radius 1 is 1.18 bits per heavy atom. The number of methoxy groups -OCH3 is 1. The van der Waals surface area contributed by atoms with Crippen molar-refractivity contribution in [3.05, 3.63) is 53.7 Å². The van der Waals surface area contributed by atoms with E-state index in [1.54, 1.807) is 6.08 Å². The minimum absolute atomic E-state index is 0.0998. The molecule has 2 rings (SSSR count). The molecule has 0 saturated carbocycles. The highest BCUT2D eigenvalue weighted by Gasteiger charge is 2.03. The predicted molar refractivity (Wildman–Crippen MR) is 68.1 cm³/mol. The molecule has 0 radical (unpaired) electrons. The summed E-state index contributed by atoms with van der Waals surface area (Å²) in [7, 11) is 1.31. The Morgan fingerprint density at radius 2 is 1.88 bits per heavy atom. The van der Waals surface area contributed by atoms with Gasteiger partial charge in [-0.3, -0.25) is 0 Å². The van der Waals surface area contributed by atoms with Gasteiger partial charge in [0, 0.05) is 0 Å². The molecule has 0 amide bonds. The molecule has 3 heteroatoms. The number of rotatable bonds is 2. The molecule has 2 N–H and O–H groups in total. The summed E-state index contributed by atoms with van der Waals surface area (Å²) in [6, 6.07) is 13.9. The SMILES string of the molecule is COC(=O)/C(N)=C\c1ccc2ccccc2c1. The van der Waals surface area contributed by atoms with Gasteiger partial charge in [-0.1, -0.05) is 36.4 Å². The topological polar surface area (TPSA) is 52.3 Å². The Morgan fingerprint density at radius 3 is 2.59 bits per heavy atom. The minimum Gasteiger partial charge on any atom is -0.464 e. The first kappa shape index (κ1) is 11.2. The summed E-state index contributed by atoms with van der Waals surface area (Å²) >= 11 is 0. The number of benzene rings is 2. The van der Waals surface area contributed by atoms with Crippen molar-refractivity contribution in [1.82, 2.24) is 0 Å². The van der Waals surface area contributed by atoms with Gasteiger partial charge in [0.25, 0.3) is 0 Å². The van der Waals surface area contributed by atoms with Crippen LogP contribution in [-0.2, 0) is 9.53 Å². The van der Waals surface area contributed by atoms with E-state index in [1.807, 2.05) is 42.5 Å². The zero-order valence-electron chi connectivity index (χ0n) is 9.51. The first-order valence-electron chi connectivity index (χ1n) is 5.25. The average Bonchev–Trinajstić information content (AvgIpc) is 2.37. The Labute approximate surface area is 99.5 Å². The molecular weight excluding hydrogens is 214 g/mol. The largest absolute Gasteiger partial charge is 0.464 e. The van der Waals surface area contributed by atoms with Crippen molar-refractivity contribution in [2.75, 3.05) is 7.11 Å². The van der Waals surface area contributed by atoms with Crippen molar-refractivity contribution in [2.45, 2.75) is 0 Å². The van der Waals surface area contributed by atoms with E-state index in [0.29, 0.717) is 0 Å². The number of fused-ring (bicyclic) bond motifs is 1. The molecule has 0 aliphatic carbocycles. The van der Waals surface area contributed by atoms with Gasteiger partial charge >= 0.3 is 5.97 Å². The summed E-state index contributed by atoms with van der Waals surface area (Å²) in [5, 5.41) is 2.26. The van der Waals surface area contributed by atoms with Gasteiger partial charge in [-0.2, -0.15) is 0 Å². The number of carbonyl (C=O) groups excluding carboxylic acids is 1. The minimum atomic E-state index is -0.516. The lowest BCUT2D eigenvalue weighted by atomic mass is 10.1. The Balaban J connectivity index is 2.40. The monoisotopic (exact) mass is 227 g/mol. The zero-order chi connectivity index (χ0) is 12.3. The van der Waals surface area contributed by atoms with Crippen LogP contribution in [0.1, 0.15) is 5.56 Å². The maximum absolute atomic E-state index is 11.2. The molecular formula is C14H13NO2. The van der Waals surface area contributed by atoms with Gasteiger partial charge in [-0.25, -0.2) is 4.79 Å². The van der Waals surface area contributed by atoms with E-state index in [1.165, 1.54) is 7.11 Å². The van der Waals surface area contributed by atoms with Crippen molar-refractivity contribution in [3.8, 4) is 0 Å². The molecule has 2 aromatic rings. The highest BCUT2D eigenvalue weighted by atomic mass is 16.5. The van der Waals surface area contributed by atoms with Crippen LogP contribution in [0.4, 0.5) is 0 Å². The molecule has 86 valence electrons. The molecule has 0 unspecified atom stereocenters. The second kappa shape index (κ2) is 4.70. The standard InChI is InChI=1S/C14H13NO2/c1-17-14(16)13(15)9-10-6-7-11-4-2-3-5-12(11)8-10/h2-9H,15H2,1H3/b13-9+. The molecule has 0 saturated heterocycles. The maximum Gasteiger partial charge on any atom is 0.353 e. The lowest BCUT2D eigenvalue weighted by Gasteiger charge is -2.01. The van der Waals surface area contributed by atoms with E-state index in [-0.39, 0.29) is 5.70 Å². The number of nitrogens with two attached hydrogens (primary N) is 1. The number of esters is 1. The van der Waals surface area contributed by atoms with Crippen LogP contribution in [0.5, 0.6) is 0 Å². The van der Waals surface area contributed by atoms with Crippen LogP contribution in [0.2, 0.25) is 0 Å². The molecule has 0 aliphatic heterocycles. The number of hydrogen-bond donors (Lipinski definition) is 1. The van der Waals surface area contributed by atoms with Crippen LogP contribution in [0.15, 0.2) is 48.2 Å². The summed E-state index contributed by atoms with van der Waals surface area (Å²) in [5.74, 6) is -0.516. The summed E-state index contributed by atoms with van der Waals surface area (Å²) in [4.78, 5) is 11.2. The highest BCUT2D eigenvalue weighted by Crippen LogP contribution is 2.17. The fourth-order valence-electron chi connectivity index (χ4n) is 1.65. The Kier molecular flexibility index (Phi) is 3.10. The van der Waals surface area contributed by atoms with E-state index in [2.05, 4.69) is 4.74 Å². The van der Waals surface area contributed by atoms with E-state index < -0.39 is 5.97 Å². The van der Waals surface area contributed by atoms with Crippen LogP contribution in [0, 0.1) is 0 Å². The quantitative estimate of drug-likeness (QED) is 0.632. The third kappa shape index (κ3) is 2.45. The number of hydrogen-bond acceptors (Lipinski definition) is 3. The molecule has 0 spiro atoms. The molecule has 0 aliphatic rings. The fraction of sp³-hybridized carbons (Fsp3) is 0.0714. The molecule has 0 fully saturated rings. The van der Waals surface area contributed by atoms with Crippen LogP contribution >= 0.6 is 0 Å². The smallest absolute Gasteiger partial charge is 0.353 e. The van der Waals surface area contributed by atoms with Crippen molar-refractivity contribution in [2.24, 2.45) is 5.73 Å². The van der Waals surface area contributed by atoms with Crippen molar-refractivity contribution >= 4 is 22.8 Å². The number of ether oxygens (including phenoxy) is 1. The molecule has 0 aromatic heterocycles. The van der Waals surface area contributed by atoms with Crippen molar-refractivity contribution in [3.63, 3.8) is 0 Å². The molecule has 0 atom stereocenters. The van der Waals surface area contributed by atoms with Gasteiger partial charge in [0.15, 0.2) is 0 Å². The normalized spacial score (nSPS) is 11.5. The first-order valence-corrected chi connectivity index (χ1v) is 5.25. The third-order valence-corrected chi connectivity index (χ3v) is 2.52. The lowest BCUT2D eigenvalue weighted by molar-refractivity contribution is -0.136.